The Balaban J connectivity index is 0.00000160. The highest BCUT2D eigenvalue weighted by molar-refractivity contribution is 5.66. The van der Waals surface area contributed by atoms with Crippen LogP contribution in [0.4, 0.5) is 11.6 Å². The van der Waals surface area contributed by atoms with E-state index in [1.165, 1.54) is 0 Å². The first-order valence-electron chi connectivity index (χ1n) is 6.67. The monoisotopic (exact) mass is 430 g/mol. The minimum atomic E-state index is -0.892. The highest BCUT2D eigenvalue weighted by Gasteiger charge is 2.26. The number of anilines is 2. The molecular formula is C8H6N12O10. The molecule has 0 unspecified atom stereocenters. The normalized spacial score (nSPS) is 10.0. The largest absolute Gasteiger partial charge is 0.412 e. The Hall–Kier alpha value is -5.12. The van der Waals surface area contributed by atoms with E-state index in [2.05, 4.69) is 50.2 Å². The summed E-state index contributed by atoms with van der Waals surface area (Å²) in [5.74, 6) is -1.81. The van der Waals surface area contributed by atoms with Gasteiger partial charge in [-0.25, -0.2) is 29.5 Å². The van der Waals surface area contributed by atoms with E-state index in [-0.39, 0.29) is 57.4 Å². The molecule has 0 saturated carbocycles. The van der Waals surface area contributed by atoms with Crippen molar-refractivity contribution in [3.05, 3.63) is 20.2 Å². The molecule has 22 nitrogen and oxygen atoms in total. The van der Waals surface area contributed by atoms with Gasteiger partial charge >= 0.3 is 11.8 Å². The zero-order chi connectivity index (χ0) is 19.7. The smallest absolute Gasteiger partial charge is 0.316 e. The molecule has 4 aromatic heterocycles. The van der Waals surface area contributed by atoms with Crippen molar-refractivity contribution >= 4 is 11.6 Å². The van der Waals surface area contributed by atoms with Gasteiger partial charge in [-0.1, -0.05) is 21.2 Å². The van der Waals surface area contributed by atoms with Gasteiger partial charge in [0, 0.05) is 0 Å². The fourth-order valence-corrected chi connectivity index (χ4v) is 1.80. The molecule has 6 N–H and O–H groups in total. The summed E-state index contributed by atoms with van der Waals surface area (Å²) < 4.78 is 18.6. The van der Waals surface area contributed by atoms with Crippen molar-refractivity contribution in [3.63, 3.8) is 0 Å². The van der Waals surface area contributed by atoms with Crippen LogP contribution in [0.25, 0.3) is 34.8 Å². The predicted molar refractivity (Wildman–Crippen MR) is 82.6 cm³/mol. The minimum Gasteiger partial charge on any atom is -0.412 e. The van der Waals surface area contributed by atoms with Crippen molar-refractivity contribution < 1.29 is 39.3 Å². The van der Waals surface area contributed by atoms with E-state index in [0.717, 1.165) is 0 Å². The Labute approximate surface area is 159 Å². The van der Waals surface area contributed by atoms with E-state index in [9.17, 15) is 20.2 Å². The molecule has 4 rings (SSSR count). The van der Waals surface area contributed by atoms with Gasteiger partial charge in [0.25, 0.3) is 11.6 Å². The highest BCUT2D eigenvalue weighted by atomic mass is 16.7. The molecule has 0 fully saturated rings. The number of hydrogen-bond donors (Lipinski definition) is 2. The quantitative estimate of drug-likeness (QED) is 0.231. The third-order valence-corrected chi connectivity index (χ3v) is 2.83. The van der Waals surface area contributed by atoms with Crippen LogP contribution in [0.3, 0.4) is 0 Å². The second-order valence-corrected chi connectivity index (χ2v) is 4.51. The maximum atomic E-state index is 10.5. The lowest BCUT2D eigenvalue weighted by molar-refractivity contribution is -0.445. The third kappa shape index (κ3) is 3.92. The van der Waals surface area contributed by atoms with Gasteiger partial charge in [0.15, 0.2) is 10.1 Å². The minimum absolute atomic E-state index is 0. The lowest BCUT2D eigenvalue weighted by Gasteiger charge is -1.89. The van der Waals surface area contributed by atoms with Gasteiger partial charge in [-0.3, -0.25) is 0 Å². The average molecular weight is 430 g/mol. The molecule has 0 atom stereocenters. The summed E-state index contributed by atoms with van der Waals surface area (Å²) in [6, 6.07) is 0. The number of hydrogen-bond acceptors (Lipinski definition) is 16. The molecule has 0 radical (unpaired) electrons. The zero-order valence-corrected chi connectivity index (χ0v) is 13.7. The van der Waals surface area contributed by atoms with Crippen molar-refractivity contribution in [2.45, 2.75) is 0 Å². The van der Waals surface area contributed by atoms with Crippen LogP contribution in [0.1, 0.15) is 0 Å². The number of nitrogens with one attached hydrogen (secondary N) is 2. The van der Waals surface area contributed by atoms with Gasteiger partial charge in [-0.05, 0) is 20.6 Å². The number of nitro groups is 2. The summed E-state index contributed by atoms with van der Waals surface area (Å²) in [5.41, 5.74) is 3.04. The second kappa shape index (κ2) is 8.27. The molecule has 0 aliphatic carbocycles. The third-order valence-electron chi connectivity index (χ3n) is 2.83. The maximum Gasteiger partial charge on any atom is 0.316 e. The Kier molecular flexibility index (Phi) is 5.84. The van der Waals surface area contributed by atoms with Crippen LogP contribution in [-0.4, -0.2) is 61.9 Å². The molecule has 0 spiro atoms. The van der Waals surface area contributed by atoms with Crippen molar-refractivity contribution in [1.82, 2.24) is 40.9 Å². The number of hydrazine groups is 2. The fraction of sp³-hybridized carbons (Fsp3) is 0. The van der Waals surface area contributed by atoms with Crippen molar-refractivity contribution in [1.29, 1.82) is 0 Å². The van der Waals surface area contributed by atoms with Gasteiger partial charge in [-0.15, -0.1) is 0 Å². The Morgan fingerprint density at radius 2 is 1.07 bits per heavy atom. The van der Waals surface area contributed by atoms with Crippen molar-refractivity contribution in [2.24, 2.45) is 0 Å². The molecule has 30 heavy (non-hydrogen) atoms. The summed E-state index contributed by atoms with van der Waals surface area (Å²) in [6.45, 7) is 0. The average Bonchev–Trinajstić information content (AvgIpc) is 3.40. The van der Waals surface area contributed by atoms with Crippen LogP contribution in [0.5, 0.6) is 0 Å². The predicted octanol–water partition coefficient (Wildman–Crippen LogP) is -2.22. The van der Waals surface area contributed by atoms with Gasteiger partial charge in [0.1, 0.15) is 0 Å². The molecule has 4 aromatic rings. The first-order valence-corrected chi connectivity index (χ1v) is 6.67. The van der Waals surface area contributed by atoms with E-state index >= 15 is 0 Å². The van der Waals surface area contributed by atoms with Crippen LogP contribution in [0.15, 0.2) is 18.3 Å². The van der Waals surface area contributed by atoms with Crippen molar-refractivity contribution in [3.8, 4) is 34.8 Å². The van der Waals surface area contributed by atoms with Gasteiger partial charge in [0.05, 0.1) is 0 Å². The first kappa shape index (κ1) is 21.2. The molecule has 0 aliphatic heterocycles. The van der Waals surface area contributed by atoms with Gasteiger partial charge in [-0.2, -0.15) is 9.97 Å². The Morgan fingerprint density at radius 1 is 0.667 bits per heavy atom. The van der Waals surface area contributed by atoms with Crippen LogP contribution in [0.2, 0.25) is 0 Å². The molecule has 4 heterocycles. The zero-order valence-electron chi connectivity index (χ0n) is 13.7. The summed E-state index contributed by atoms with van der Waals surface area (Å²) in [6.07, 6.45) is 0. The number of aromatic nitrogens is 8. The summed E-state index contributed by atoms with van der Waals surface area (Å²) in [4.78, 5) is 28.8. The molecule has 22 heteroatoms. The van der Waals surface area contributed by atoms with Crippen LogP contribution >= 0.6 is 0 Å². The Bertz CT molecular complexity index is 1070. The van der Waals surface area contributed by atoms with E-state index in [1.807, 2.05) is 0 Å². The molecular weight excluding hydrogens is 424 g/mol. The van der Waals surface area contributed by atoms with E-state index < -0.39 is 10.1 Å². The molecule has 0 amide bonds. The molecule has 0 aromatic carbocycles. The first-order chi connectivity index (χ1) is 13.5. The van der Waals surface area contributed by atoms with E-state index in [4.69, 9.17) is 9.05 Å². The van der Waals surface area contributed by atoms with Crippen molar-refractivity contribution in [2.75, 3.05) is 10.9 Å². The Morgan fingerprint density at radius 3 is 1.43 bits per heavy atom. The van der Waals surface area contributed by atoms with Crippen LogP contribution in [0, 0.1) is 20.2 Å². The lowest BCUT2D eigenvalue weighted by atomic mass is 10.4. The summed E-state index contributed by atoms with van der Waals surface area (Å²) in [5, 5.41) is 39.7. The van der Waals surface area contributed by atoms with Gasteiger partial charge in [0.2, 0.25) is 23.0 Å². The van der Waals surface area contributed by atoms with Crippen LogP contribution in [-0.2, 0) is 0 Å². The summed E-state index contributed by atoms with van der Waals surface area (Å²) in [7, 11) is 0. The number of nitrogens with zero attached hydrogens (tertiary/aromatic N) is 10. The molecule has 0 aliphatic rings. The molecule has 158 valence electrons. The maximum absolute atomic E-state index is 10.5. The lowest BCUT2D eigenvalue weighted by Crippen LogP contribution is -2.09. The van der Waals surface area contributed by atoms with E-state index in [0.29, 0.717) is 0 Å². The molecule has 0 saturated heterocycles. The SMILES string of the molecule is O.O.O=[N+]([O-])Nc1nonc1-c1noc(-c2nc(-c3nonc3N[N+](=O)[O-])no2)n1. The topological polar surface area (TPSA) is 329 Å². The fourth-order valence-electron chi connectivity index (χ4n) is 1.80. The van der Waals surface area contributed by atoms with E-state index in [1.54, 1.807) is 10.9 Å². The highest BCUT2D eigenvalue weighted by Crippen LogP contribution is 2.27. The van der Waals surface area contributed by atoms with Gasteiger partial charge < -0.3 is 20.0 Å². The van der Waals surface area contributed by atoms with Crippen LogP contribution < -0.4 is 10.9 Å². The number of rotatable bonds is 7. The second-order valence-electron chi connectivity index (χ2n) is 4.51. The summed E-state index contributed by atoms with van der Waals surface area (Å²) >= 11 is 0. The standard InChI is InChI=1S/C8H2N12O8.2H2O/c21-19(22)11-5-1(13-27-17-5)3-9-7(25-15-3)8-10-4(16-26-8)2-6(12-20(23)24)18-28-14-2;;/h(H,11,17)(H,12,18);2*1H2. The molecule has 0 bridgehead atoms.